The molecule has 2 N–H and O–H groups in total. The van der Waals surface area contributed by atoms with Gasteiger partial charge in [0.2, 0.25) is 5.91 Å². The molecular weight excluding hydrogens is 324 g/mol. The Hall–Kier alpha value is -2.94. The molecule has 3 heterocycles. The van der Waals surface area contributed by atoms with E-state index >= 15 is 0 Å². The van der Waals surface area contributed by atoms with Crippen LogP contribution >= 0.6 is 0 Å². The van der Waals surface area contributed by atoms with Crippen molar-refractivity contribution in [3.63, 3.8) is 0 Å². The first-order valence-corrected chi connectivity index (χ1v) is 7.99. The van der Waals surface area contributed by atoms with Crippen LogP contribution in [0.4, 0.5) is 5.82 Å². The molecule has 132 valence electrons. The molecule has 0 radical (unpaired) electrons. The van der Waals surface area contributed by atoms with E-state index in [-0.39, 0.29) is 5.91 Å². The van der Waals surface area contributed by atoms with Crippen molar-refractivity contribution < 1.29 is 13.9 Å². The number of methoxy groups -OCH3 is 1. The summed E-state index contributed by atoms with van der Waals surface area (Å²) < 4.78 is 11.8. The molecule has 25 heavy (non-hydrogen) atoms. The lowest BCUT2D eigenvalue weighted by Gasteiger charge is -2.05. The molecule has 3 aromatic rings. The number of aryl methyl sites for hydroxylation is 1. The molecule has 0 fully saturated rings. The van der Waals surface area contributed by atoms with Crippen molar-refractivity contribution in [2.45, 2.75) is 19.4 Å². The van der Waals surface area contributed by atoms with Gasteiger partial charge in [-0.1, -0.05) is 0 Å². The van der Waals surface area contributed by atoms with Gasteiger partial charge < -0.3 is 19.8 Å². The standard InChI is InChI=1S/C16H20N6O3/c1-24-10-8-17-16(23)7-6-15-20-19-14-5-4-13(21-22(14)15)18-11-12-3-2-9-25-12/h2-5,9H,6-8,10-11H2,1H3,(H,17,23)(H,18,21). The van der Waals surface area contributed by atoms with Crippen LogP contribution in [0, 0.1) is 0 Å². The van der Waals surface area contributed by atoms with E-state index in [2.05, 4.69) is 25.9 Å². The van der Waals surface area contributed by atoms with E-state index in [4.69, 9.17) is 9.15 Å². The van der Waals surface area contributed by atoms with E-state index in [1.165, 1.54) is 0 Å². The van der Waals surface area contributed by atoms with Gasteiger partial charge in [-0.2, -0.15) is 4.52 Å². The summed E-state index contributed by atoms with van der Waals surface area (Å²) in [6, 6.07) is 7.38. The van der Waals surface area contributed by atoms with Crippen molar-refractivity contribution in [1.82, 2.24) is 25.1 Å². The lowest BCUT2D eigenvalue weighted by molar-refractivity contribution is -0.121. The summed E-state index contributed by atoms with van der Waals surface area (Å²) in [6.45, 7) is 1.52. The Morgan fingerprint density at radius 2 is 2.24 bits per heavy atom. The number of rotatable bonds is 9. The Morgan fingerprint density at radius 1 is 1.32 bits per heavy atom. The molecule has 1 amide bonds. The monoisotopic (exact) mass is 344 g/mol. The van der Waals surface area contributed by atoms with Crippen molar-refractivity contribution in [3.05, 3.63) is 42.1 Å². The summed E-state index contributed by atoms with van der Waals surface area (Å²) in [5.41, 5.74) is 0.637. The molecule has 9 heteroatoms. The van der Waals surface area contributed by atoms with Crippen LogP contribution in [0.1, 0.15) is 18.0 Å². The summed E-state index contributed by atoms with van der Waals surface area (Å²) in [5, 5.41) is 18.6. The molecule has 0 spiro atoms. The predicted octanol–water partition coefficient (Wildman–Crippen LogP) is 1.02. The Kier molecular flexibility index (Phi) is 5.57. The molecule has 3 rings (SSSR count). The Balaban J connectivity index is 1.61. The molecule has 9 nitrogen and oxygen atoms in total. The number of furan rings is 1. The smallest absolute Gasteiger partial charge is 0.220 e. The molecular formula is C16H20N6O3. The third-order valence-corrected chi connectivity index (χ3v) is 3.56. The van der Waals surface area contributed by atoms with E-state index in [1.54, 1.807) is 17.9 Å². The fourth-order valence-corrected chi connectivity index (χ4v) is 2.28. The molecule has 0 saturated carbocycles. The van der Waals surface area contributed by atoms with Crippen molar-refractivity contribution in [2.24, 2.45) is 0 Å². The zero-order valence-corrected chi connectivity index (χ0v) is 13.9. The number of carbonyl (C=O) groups is 1. The molecule has 0 unspecified atom stereocenters. The Labute approximate surface area is 144 Å². The lowest BCUT2D eigenvalue weighted by Crippen LogP contribution is -2.27. The van der Waals surface area contributed by atoms with Crippen LogP contribution < -0.4 is 10.6 Å². The highest BCUT2D eigenvalue weighted by atomic mass is 16.5. The van der Waals surface area contributed by atoms with Gasteiger partial charge in [-0.3, -0.25) is 4.79 Å². The fourth-order valence-electron chi connectivity index (χ4n) is 2.28. The second-order valence-corrected chi connectivity index (χ2v) is 5.38. The highest BCUT2D eigenvalue weighted by molar-refractivity contribution is 5.76. The van der Waals surface area contributed by atoms with Crippen LogP contribution in [0.2, 0.25) is 0 Å². The lowest BCUT2D eigenvalue weighted by atomic mass is 10.3. The largest absolute Gasteiger partial charge is 0.467 e. The average Bonchev–Trinajstić information content (AvgIpc) is 3.28. The molecule has 0 aliphatic carbocycles. The number of carbonyl (C=O) groups excluding carboxylic acids is 1. The topological polar surface area (TPSA) is 107 Å². The van der Waals surface area contributed by atoms with Crippen molar-refractivity contribution >= 4 is 17.4 Å². The van der Waals surface area contributed by atoms with Gasteiger partial charge in [-0.25, -0.2) is 0 Å². The summed E-state index contributed by atoms with van der Waals surface area (Å²) in [6.07, 6.45) is 2.40. The second-order valence-electron chi connectivity index (χ2n) is 5.38. The maximum atomic E-state index is 11.8. The van der Waals surface area contributed by atoms with Gasteiger partial charge in [0.1, 0.15) is 11.6 Å². The number of nitrogens with one attached hydrogen (secondary N) is 2. The molecule has 0 aromatic carbocycles. The SMILES string of the molecule is COCCNC(=O)CCc1nnc2ccc(NCc3ccco3)nn12. The number of amides is 1. The van der Waals surface area contributed by atoms with Gasteiger partial charge >= 0.3 is 0 Å². The van der Waals surface area contributed by atoms with Crippen molar-refractivity contribution in [3.8, 4) is 0 Å². The third-order valence-electron chi connectivity index (χ3n) is 3.56. The molecule has 0 atom stereocenters. The quantitative estimate of drug-likeness (QED) is 0.558. The molecule has 0 saturated heterocycles. The molecule has 0 aliphatic heterocycles. The van der Waals surface area contributed by atoms with E-state index in [0.29, 0.717) is 49.8 Å². The van der Waals surface area contributed by atoms with Gasteiger partial charge in [-0.05, 0) is 24.3 Å². The van der Waals surface area contributed by atoms with Crippen LogP contribution in [0.15, 0.2) is 34.9 Å². The van der Waals surface area contributed by atoms with Gasteiger partial charge in [-0.15, -0.1) is 15.3 Å². The van der Waals surface area contributed by atoms with Crippen molar-refractivity contribution in [2.75, 3.05) is 25.6 Å². The fraction of sp³-hybridized carbons (Fsp3) is 0.375. The van der Waals surface area contributed by atoms with Crippen molar-refractivity contribution in [1.29, 1.82) is 0 Å². The number of nitrogens with zero attached hydrogens (tertiary/aromatic N) is 4. The average molecular weight is 344 g/mol. The number of fused-ring (bicyclic) bond motifs is 1. The number of aromatic nitrogens is 4. The first kappa shape index (κ1) is 16.9. The second kappa shape index (κ2) is 8.25. The summed E-state index contributed by atoms with van der Waals surface area (Å²) in [7, 11) is 1.59. The Bertz CT molecular complexity index is 815. The zero-order valence-electron chi connectivity index (χ0n) is 13.9. The summed E-state index contributed by atoms with van der Waals surface area (Å²) in [4.78, 5) is 11.8. The number of hydrogen-bond acceptors (Lipinski definition) is 7. The number of hydrogen-bond donors (Lipinski definition) is 2. The number of ether oxygens (including phenoxy) is 1. The minimum atomic E-state index is -0.0547. The molecule has 0 bridgehead atoms. The zero-order chi connectivity index (χ0) is 17.5. The minimum absolute atomic E-state index is 0.0547. The van der Waals surface area contributed by atoms with E-state index in [0.717, 1.165) is 5.76 Å². The predicted molar refractivity (Wildman–Crippen MR) is 90.0 cm³/mol. The summed E-state index contributed by atoms with van der Waals surface area (Å²) >= 11 is 0. The van der Waals surface area contributed by atoms with E-state index in [9.17, 15) is 4.79 Å². The molecule has 3 aromatic heterocycles. The van der Waals surface area contributed by atoms with Gasteiger partial charge in [0, 0.05) is 26.5 Å². The van der Waals surface area contributed by atoms with Crippen LogP contribution in [0.5, 0.6) is 0 Å². The van der Waals surface area contributed by atoms with Crippen LogP contribution in [-0.4, -0.2) is 46.0 Å². The maximum absolute atomic E-state index is 11.8. The van der Waals surface area contributed by atoms with Crippen LogP contribution in [0.25, 0.3) is 5.65 Å². The van der Waals surface area contributed by atoms with Gasteiger partial charge in [0.15, 0.2) is 11.5 Å². The van der Waals surface area contributed by atoms with Gasteiger partial charge in [0.05, 0.1) is 19.4 Å². The third kappa shape index (κ3) is 4.54. The maximum Gasteiger partial charge on any atom is 0.220 e. The van der Waals surface area contributed by atoms with Crippen LogP contribution in [0.3, 0.4) is 0 Å². The molecule has 0 aliphatic rings. The number of anilines is 1. The normalized spacial score (nSPS) is 10.9. The highest BCUT2D eigenvalue weighted by Gasteiger charge is 2.10. The minimum Gasteiger partial charge on any atom is -0.467 e. The highest BCUT2D eigenvalue weighted by Crippen LogP contribution is 2.10. The van der Waals surface area contributed by atoms with Gasteiger partial charge in [0.25, 0.3) is 0 Å². The Morgan fingerprint density at radius 3 is 3.04 bits per heavy atom. The first-order chi connectivity index (χ1) is 12.3. The van der Waals surface area contributed by atoms with E-state index < -0.39 is 0 Å². The van der Waals surface area contributed by atoms with Crippen LogP contribution in [-0.2, 0) is 22.5 Å². The van der Waals surface area contributed by atoms with E-state index in [1.807, 2.05) is 24.3 Å². The first-order valence-electron chi connectivity index (χ1n) is 7.99. The summed E-state index contributed by atoms with van der Waals surface area (Å²) in [5.74, 6) is 2.08.